The summed E-state index contributed by atoms with van der Waals surface area (Å²) in [6.07, 6.45) is 1.87. The highest BCUT2D eigenvalue weighted by Gasteiger charge is 2.50. The van der Waals surface area contributed by atoms with Crippen molar-refractivity contribution in [2.24, 2.45) is 0 Å². The molecule has 0 bridgehead atoms. The molecule has 0 spiro atoms. The zero-order valence-corrected chi connectivity index (χ0v) is 29.4. The van der Waals surface area contributed by atoms with E-state index in [1.54, 1.807) is 6.08 Å². The zero-order valence-electron chi connectivity index (χ0n) is 29.4. The second-order valence-corrected chi connectivity index (χ2v) is 13.4. The van der Waals surface area contributed by atoms with Crippen LogP contribution in [0.25, 0.3) is 0 Å². The lowest BCUT2D eigenvalue weighted by atomic mass is 9.97. The molecule has 0 aromatic carbocycles. The van der Waals surface area contributed by atoms with Crippen molar-refractivity contribution < 1.29 is 64.6 Å². The molecule has 0 aromatic heterocycles. The van der Waals surface area contributed by atoms with Crippen LogP contribution < -0.4 is 5.32 Å². The Hall–Kier alpha value is -1.27. The standard InChI is InChI=1S/C35H65NO13/c1-3-5-7-9-11-12-13-15-17-19-27(40)36-23(24(39)18-16-14-10-8-6-4-2)22-46-34-32(45)30(43)33(26(21-38)48-34)49-35-31(44)29(42)28(41)25(20-37)47-35/h16,18,23-26,28-35,37-39,41-45H,3-15,17,19-22H2,1-2H3,(H,36,40)/b18-16+. The minimum Gasteiger partial charge on any atom is -0.394 e. The van der Waals surface area contributed by atoms with E-state index in [1.807, 2.05) is 6.08 Å². The van der Waals surface area contributed by atoms with Crippen LogP contribution in [-0.2, 0) is 23.7 Å². The molecule has 14 heteroatoms. The summed E-state index contributed by atoms with van der Waals surface area (Å²) in [5.41, 5.74) is 0. The summed E-state index contributed by atoms with van der Waals surface area (Å²) in [6, 6.07) is -0.901. The van der Waals surface area contributed by atoms with Crippen molar-refractivity contribution in [3.63, 3.8) is 0 Å². The summed E-state index contributed by atoms with van der Waals surface area (Å²) in [5.74, 6) is -0.252. The van der Waals surface area contributed by atoms with Crippen LogP contribution in [0, 0.1) is 0 Å². The van der Waals surface area contributed by atoms with Gasteiger partial charge in [0.15, 0.2) is 12.6 Å². The van der Waals surface area contributed by atoms with Crippen LogP contribution in [0.2, 0.25) is 0 Å². The summed E-state index contributed by atoms with van der Waals surface area (Å²) in [4.78, 5) is 12.9. The molecule has 12 atom stereocenters. The Morgan fingerprint density at radius 3 is 1.88 bits per heavy atom. The molecule has 9 N–H and O–H groups in total. The number of carbonyl (C=O) groups excluding carboxylic acids is 1. The van der Waals surface area contributed by atoms with Gasteiger partial charge in [0.25, 0.3) is 0 Å². The first-order valence-corrected chi connectivity index (χ1v) is 18.4. The van der Waals surface area contributed by atoms with Gasteiger partial charge < -0.3 is 65.1 Å². The molecule has 14 nitrogen and oxygen atoms in total. The number of hydrogen-bond donors (Lipinski definition) is 9. The first-order chi connectivity index (χ1) is 23.6. The number of ether oxygens (including phenoxy) is 4. The van der Waals surface area contributed by atoms with E-state index in [2.05, 4.69) is 19.2 Å². The molecule has 2 heterocycles. The summed E-state index contributed by atoms with van der Waals surface area (Å²) in [6.45, 7) is 2.61. The van der Waals surface area contributed by atoms with Gasteiger partial charge in [-0.2, -0.15) is 0 Å². The smallest absolute Gasteiger partial charge is 0.220 e. The molecular weight excluding hydrogens is 642 g/mol. The molecule has 12 unspecified atom stereocenters. The number of amides is 1. The molecule has 2 aliphatic heterocycles. The fourth-order valence-electron chi connectivity index (χ4n) is 6.05. The Kier molecular flexibility index (Phi) is 22.2. The lowest BCUT2D eigenvalue weighted by Gasteiger charge is -2.46. The number of allylic oxidation sites excluding steroid dienone is 1. The summed E-state index contributed by atoms with van der Waals surface area (Å²) < 4.78 is 22.4. The average Bonchev–Trinajstić information content (AvgIpc) is 3.09. The lowest BCUT2D eigenvalue weighted by molar-refractivity contribution is -0.359. The minimum absolute atomic E-state index is 0.252. The van der Waals surface area contributed by atoms with Gasteiger partial charge in [-0.25, -0.2) is 0 Å². The van der Waals surface area contributed by atoms with E-state index in [-0.39, 0.29) is 18.9 Å². The van der Waals surface area contributed by atoms with Gasteiger partial charge in [0.2, 0.25) is 5.91 Å². The van der Waals surface area contributed by atoms with E-state index < -0.39 is 86.8 Å². The third-order valence-corrected chi connectivity index (χ3v) is 9.22. The monoisotopic (exact) mass is 707 g/mol. The van der Waals surface area contributed by atoms with Gasteiger partial charge in [0, 0.05) is 6.42 Å². The highest BCUT2D eigenvalue weighted by Crippen LogP contribution is 2.29. The number of unbranched alkanes of at least 4 members (excludes halogenated alkanes) is 12. The maximum absolute atomic E-state index is 12.9. The first kappa shape index (κ1) is 43.9. The normalized spacial score (nSPS) is 32.0. The number of hydrogen-bond acceptors (Lipinski definition) is 13. The molecule has 2 rings (SSSR count). The number of rotatable bonds is 25. The van der Waals surface area contributed by atoms with Crippen molar-refractivity contribution in [2.75, 3.05) is 19.8 Å². The molecule has 0 saturated carbocycles. The lowest BCUT2D eigenvalue weighted by Crippen LogP contribution is -2.65. The van der Waals surface area contributed by atoms with Crippen LogP contribution >= 0.6 is 0 Å². The second kappa shape index (κ2) is 24.8. The van der Waals surface area contributed by atoms with Crippen molar-refractivity contribution >= 4 is 5.91 Å². The number of aliphatic hydroxyl groups is 8. The quantitative estimate of drug-likeness (QED) is 0.0476. The second-order valence-electron chi connectivity index (χ2n) is 13.4. The number of carbonyl (C=O) groups is 1. The average molecular weight is 708 g/mol. The van der Waals surface area contributed by atoms with E-state index in [0.29, 0.717) is 6.42 Å². The molecule has 2 aliphatic rings. The predicted molar refractivity (Wildman–Crippen MR) is 180 cm³/mol. The summed E-state index contributed by atoms with van der Waals surface area (Å²) in [5, 5.41) is 85.6. The first-order valence-electron chi connectivity index (χ1n) is 18.4. The van der Waals surface area contributed by atoms with Gasteiger partial charge in [-0.3, -0.25) is 4.79 Å². The number of nitrogens with one attached hydrogen (secondary N) is 1. The van der Waals surface area contributed by atoms with E-state index in [1.165, 1.54) is 32.1 Å². The van der Waals surface area contributed by atoms with Crippen LogP contribution in [0.1, 0.15) is 110 Å². The van der Waals surface area contributed by atoms with Gasteiger partial charge in [0.1, 0.15) is 48.8 Å². The maximum atomic E-state index is 12.9. The highest BCUT2D eigenvalue weighted by molar-refractivity contribution is 5.76. The Balaban J connectivity index is 1.98. The third-order valence-electron chi connectivity index (χ3n) is 9.22. The van der Waals surface area contributed by atoms with Crippen LogP contribution in [0.5, 0.6) is 0 Å². The molecule has 2 fully saturated rings. The van der Waals surface area contributed by atoms with Crippen LogP contribution in [0.15, 0.2) is 12.2 Å². The fourth-order valence-corrected chi connectivity index (χ4v) is 6.05. The van der Waals surface area contributed by atoms with Crippen molar-refractivity contribution in [2.45, 2.75) is 184 Å². The van der Waals surface area contributed by atoms with Crippen LogP contribution in [-0.4, -0.2) is 140 Å². The molecule has 0 aromatic rings. The van der Waals surface area contributed by atoms with Crippen LogP contribution in [0.4, 0.5) is 0 Å². The van der Waals surface area contributed by atoms with Gasteiger partial charge in [0.05, 0.1) is 32.0 Å². The van der Waals surface area contributed by atoms with E-state index in [9.17, 15) is 45.6 Å². The van der Waals surface area contributed by atoms with Crippen molar-refractivity contribution in [3.8, 4) is 0 Å². The maximum Gasteiger partial charge on any atom is 0.220 e. The van der Waals surface area contributed by atoms with E-state index in [0.717, 1.165) is 51.4 Å². The third kappa shape index (κ3) is 15.1. The van der Waals surface area contributed by atoms with E-state index in [4.69, 9.17) is 18.9 Å². The van der Waals surface area contributed by atoms with Crippen molar-refractivity contribution in [1.29, 1.82) is 0 Å². The number of aliphatic hydroxyl groups excluding tert-OH is 8. The summed E-state index contributed by atoms with van der Waals surface area (Å²) >= 11 is 0. The molecule has 2 saturated heterocycles. The van der Waals surface area contributed by atoms with Crippen LogP contribution in [0.3, 0.4) is 0 Å². The topological polar surface area (TPSA) is 228 Å². The van der Waals surface area contributed by atoms with Crippen molar-refractivity contribution in [1.82, 2.24) is 5.32 Å². The molecule has 1 amide bonds. The molecule has 49 heavy (non-hydrogen) atoms. The highest BCUT2D eigenvalue weighted by atomic mass is 16.7. The zero-order chi connectivity index (χ0) is 36.2. The molecule has 288 valence electrons. The molecule has 0 radical (unpaired) electrons. The Morgan fingerprint density at radius 1 is 0.714 bits per heavy atom. The van der Waals surface area contributed by atoms with Crippen molar-refractivity contribution in [3.05, 3.63) is 12.2 Å². The SMILES string of the molecule is CCCCCC/C=C/C(O)C(COC1OC(CO)C(OC2OC(CO)C(O)C(O)C2O)C(O)C1O)NC(=O)CCCCCCCCCCC. The largest absolute Gasteiger partial charge is 0.394 e. The van der Waals surface area contributed by atoms with Gasteiger partial charge in [-0.1, -0.05) is 96.6 Å². The van der Waals surface area contributed by atoms with Gasteiger partial charge in [-0.05, 0) is 19.3 Å². The van der Waals surface area contributed by atoms with Gasteiger partial charge in [-0.15, -0.1) is 0 Å². The fraction of sp³-hybridized carbons (Fsp3) is 0.914. The Bertz CT molecular complexity index is 894. The Morgan fingerprint density at radius 2 is 1.27 bits per heavy atom. The summed E-state index contributed by atoms with van der Waals surface area (Å²) in [7, 11) is 0. The Labute approximate surface area is 291 Å². The van der Waals surface area contributed by atoms with Gasteiger partial charge >= 0.3 is 0 Å². The van der Waals surface area contributed by atoms with E-state index >= 15 is 0 Å². The predicted octanol–water partition coefficient (Wildman–Crippen LogP) is 0.920. The molecular formula is C35H65NO13. The molecule has 0 aliphatic carbocycles. The minimum atomic E-state index is -1.78.